The molecule has 192 valence electrons. The second-order valence-corrected chi connectivity index (χ2v) is 11.6. The van der Waals surface area contributed by atoms with E-state index in [9.17, 15) is 18.0 Å². The van der Waals surface area contributed by atoms with Crippen LogP contribution in [0.4, 0.5) is 0 Å². The number of carbonyl (C=O) groups excluding carboxylic acids is 2. The summed E-state index contributed by atoms with van der Waals surface area (Å²) >= 11 is 0. The molecule has 0 spiro atoms. The molecule has 7 nitrogen and oxygen atoms in total. The molecule has 0 saturated carbocycles. The van der Waals surface area contributed by atoms with Gasteiger partial charge in [0.2, 0.25) is 21.8 Å². The zero-order chi connectivity index (χ0) is 26.5. The maximum absolute atomic E-state index is 13.5. The zero-order valence-corrected chi connectivity index (χ0v) is 22.4. The van der Waals surface area contributed by atoms with E-state index >= 15 is 0 Å². The van der Waals surface area contributed by atoms with Gasteiger partial charge < -0.3 is 10.2 Å². The second-order valence-electron chi connectivity index (χ2n) is 9.53. The smallest absolute Gasteiger partial charge is 0.243 e. The van der Waals surface area contributed by atoms with Crippen LogP contribution in [0.25, 0.3) is 10.8 Å². The van der Waals surface area contributed by atoms with Crippen molar-refractivity contribution in [1.82, 2.24) is 14.5 Å². The van der Waals surface area contributed by atoms with Crippen molar-refractivity contribution < 1.29 is 18.0 Å². The highest BCUT2D eigenvalue weighted by Gasteiger charge is 2.30. The third-order valence-electron chi connectivity index (χ3n) is 6.24. The average molecular weight is 510 g/mol. The fourth-order valence-electron chi connectivity index (χ4n) is 3.88. The SMILES string of the molecule is Cc1ccccc1CN(C(=O)CN(C)S(=O)(=O)c1ccc2ccccc2c1)[C@H](C)C(=O)NCC(C)C. The van der Waals surface area contributed by atoms with Gasteiger partial charge in [0.1, 0.15) is 6.04 Å². The topological polar surface area (TPSA) is 86.8 Å². The molecule has 3 aromatic rings. The first-order valence-corrected chi connectivity index (χ1v) is 13.5. The number of hydrogen-bond donors (Lipinski definition) is 1. The minimum absolute atomic E-state index is 0.115. The number of amides is 2. The van der Waals surface area contributed by atoms with Gasteiger partial charge in [-0.25, -0.2) is 8.42 Å². The minimum atomic E-state index is -3.92. The van der Waals surface area contributed by atoms with E-state index in [1.54, 1.807) is 25.1 Å². The van der Waals surface area contributed by atoms with E-state index in [-0.39, 0.29) is 29.8 Å². The highest BCUT2D eigenvalue weighted by atomic mass is 32.2. The molecule has 3 aromatic carbocycles. The Hall–Kier alpha value is -3.23. The monoisotopic (exact) mass is 509 g/mol. The fraction of sp³-hybridized carbons (Fsp3) is 0.357. The lowest BCUT2D eigenvalue weighted by atomic mass is 10.1. The molecule has 0 aliphatic heterocycles. The van der Waals surface area contributed by atoms with Gasteiger partial charge in [-0.15, -0.1) is 0 Å². The number of hydrogen-bond acceptors (Lipinski definition) is 4. The standard InChI is InChI=1S/C28H35N3O4S/c1-20(2)17-29-28(33)22(4)31(18-25-13-7-6-10-21(25)3)27(32)19-30(5)36(34,35)26-15-14-23-11-8-9-12-24(23)16-26/h6-16,20,22H,17-19H2,1-5H3,(H,29,33)/t22-/m1/s1. The number of aryl methyl sites for hydroxylation is 1. The average Bonchev–Trinajstić information content (AvgIpc) is 2.85. The van der Waals surface area contributed by atoms with Gasteiger partial charge in [0.25, 0.3) is 0 Å². The van der Waals surface area contributed by atoms with Crippen molar-refractivity contribution >= 4 is 32.6 Å². The molecule has 1 N–H and O–H groups in total. The summed E-state index contributed by atoms with van der Waals surface area (Å²) in [6.45, 7) is 7.91. The summed E-state index contributed by atoms with van der Waals surface area (Å²) in [6, 6.07) is 19.3. The molecular formula is C28H35N3O4S. The van der Waals surface area contributed by atoms with Crippen LogP contribution >= 0.6 is 0 Å². The molecule has 0 fully saturated rings. The molecular weight excluding hydrogens is 474 g/mol. The molecule has 0 saturated heterocycles. The Morgan fingerprint density at radius 3 is 2.22 bits per heavy atom. The molecule has 0 unspecified atom stereocenters. The highest BCUT2D eigenvalue weighted by Crippen LogP contribution is 2.22. The summed E-state index contributed by atoms with van der Waals surface area (Å²) in [5.41, 5.74) is 1.89. The lowest BCUT2D eigenvalue weighted by Crippen LogP contribution is -2.51. The van der Waals surface area contributed by atoms with Crippen LogP contribution in [0.1, 0.15) is 31.9 Å². The normalized spacial score (nSPS) is 12.6. The van der Waals surface area contributed by atoms with Crippen LogP contribution in [0.15, 0.2) is 71.6 Å². The first kappa shape index (κ1) is 27.4. The van der Waals surface area contributed by atoms with Crippen molar-refractivity contribution in [2.45, 2.75) is 45.2 Å². The van der Waals surface area contributed by atoms with Crippen LogP contribution in [0.3, 0.4) is 0 Å². The van der Waals surface area contributed by atoms with E-state index in [0.29, 0.717) is 6.54 Å². The van der Waals surface area contributed by atoms with Gasteiger partial charge >= 0.3 is 0 Å². The Labute approximate surface area is 214 Å². The summed E-state index contributed by atoms with van der Waals surface area (Å²) in [5.74, 6) is -0.456. The van der Waals surface area contributed by atoms with E-state index in [0.717, 1.165) is 26.2 Å². The minimum Gasteiger partial charge on any atom is -0.354 e. The molecule has 2 amide bonds. The van der Waals surface area contributed by atoms with Crippen LogP contribution in [0, 0.1) is 12.8 Å². The van der Waals surface area contributed by atoms with Gasteiger partial charge in [0, 0.05) is 20.1 Å². The number of benzene rings is 3. The summed E-state index contributed by atoms with van der Waals surface area (Å²) in [6.07, 6.45) is 0. The van der Waals surface area contributed by atoms with Crippen LogP contribution in [-0.4, -0.2) is 55.6 Å². The third-order valence-corrected chi connectivity index (χ3v) is 8.04. The lowest BCUT2D eigenvalue weighted by Gasteiger charge is -2.31. The molecule has 3 rings (SSSR count). The number of likely N-dealkylation sites (N-methyl/N-ethyl adjacent to an activating group) is 1. The zero-order valence-electron chi connectivity index (χ0n) is 21.6. The molecule has 8 heteroatoms. The van der Waals surface area contributed by atoms with Crippen LogP contribution in [0.5, 0.6) is 0 Å². The van der Waals surface area contributed by atoms with Gasteiger partial charge in [-0.05, 0) is 53.8 Å². The van der Waals surface area contributed by atoms with Crippen molar-refractivity contribution in [2.24, 2.45) is 5.92 Å². The maximum atomic E-state index is 13.5. The second kappa shape index (κ2) is 11.7. The quantitative estimate of drug-likeness (QED) is 0.448. The Kier molecular flexibility index (Phi) is 8.87. The Bertz CT molecular complexity index is 1340. The van der Waals surface area contributed by atoms with Gasteiger partial charge in [-0.2, -0.15) is 4.31 Å². The van der Waals surface area contributed by atoms with Gasteiger partial charge in [0.15, 0.2) is 0 Å². The molecule has 0 bridgehead atoms. The van der Waals surface area contributed by atoms with Gasteiger partial charge in [-0.1, -0.05) is 68.4 Å². The predicted molar refractivity (Wildman–Crippen MR) is 143 cm³/mol. The molecule has 0 heterocycles. The predicted octanol–water partition coefficient (Wildman–Crippen LogP) is 3.96. The number of carbonyl (C=O) groups is 2. The number of fused-ring (bicyclic) bond motifs is 1. The molecule has 0 aliphatic carbocycles. The molecule has 1 atom stereocenters. The highest BCUT2D eigenvalue weighted by molar-refractivity contribution is 7.89. The Morgan fingerprint density at radius 1 is 0.917 bits per heavy atom. The Morgan fingerprint density at radius 2 is 1.56 bits per heavy atom. The van der Waals surface area contributed by atoms with Crippen LogP contribution in [-0.2, 0) is 26.2 Å². The molecule has 36 heavy (non-hydrogen) atoms. The van der Waals surface area contributed by atoms with Crippen LogP contribution < -0.4 is 5.32 Å². The molecule has 0 aromatic heterocycles. The third kappa shape index (κ3) is 6.50. The van der Waals surface area contributed by atoms with Crippen LogP contribution in [0.2, 0.25) is 0 Å². The molecule has 0 aliphatic rings. The van der Waals surface area contributed by atoms with Crippen molar-refractivity contribution in [2.75, 3.05) is 20.1 Å². The van der Waals surface area contributed by atoms with Crippen molar-refractivity contribution in [1.29, 1.82) is 0 Å². The largest absolute Gasteiger partial charge is 0.354 e. The number of sulfonamides is 1. The number of nitrogens with zero attached hydrogens (tertiary/aromatic N) is 2. The first-order chi connectivity index (χ1) is 17.0. The van der Waals surface area contributed by atoms with E-state index in [1.807, 2.05) is 69.3 Å². The number of rotatable bonds is 10. The molecule has 0 radical (unpaired) electrons. The van der Waals surface area contributed by atoms with E-state index in [4.69, 9.17) is 0 Å². The van der Waals surface area contributed by atoms with Crippen molar-refractivity contribution in [3.05, 3.63) is 77.9 Å². The summed E-state index contributed by atoms with van der Waals surface area (Å²) in [4.78, 5) is 27.9. The summed E-state index contributed by atoms with van der Waals surface area (Å²) in [5, 5.41) is 4.61. The van der Waals surface area contributed by atoms with E-state index < -0.39 is 22.0 Å². The van der Waals surface area contributed by atoms with E-state index in [2.05, 4.69) is 5.32 Å². The Balaban J connectivity index is 1.84. The maximum Gasteiger partial charge on any atom is 0.243 e. The summed E-state index contributed by atoms with van der Waals surface area (Å²) in [7, 11) is -2.54. The lowest BCUT2D eigenvalue weighted by molar-refractivity contribution is -0.140. The van der Waals surface area contributed by atoms with Crippen molar-refractivity contribution in [3.63, 3.8) is 0 Å². The summed E-state index contributed by atoms with van der Waals surface area (Å²) < 4.78 is 27.7. The van der Waals surface area contributed by atoms with E-state index in [1.165, 1.54) is 11.9 Å². The number of nitrogens with one attached hydrogen (secondary N) is 1. The van der Waals surface area contributed by atoms with Crippen molar-refractivity contribution in [3.8, 4) is 0 Å². The van der Waals surface area contributed by atoms with Gasteiger partial charge in [-0.3, -0.25) is 9.59 Å². The first-order valence-electron chi connectivity index (χ1n) is 12.1. The fourth-order valence-corrected chi connectivity index (χ4v) is 5.04. The van der Waals surface area contributed by atoms with Gasteiger partial charge in [0.05, 0.1) is 11.4 Å².